The molecule has 0 saturated carbocycles. The Labute approximate surface area is 104 Å². The Morgan fingerprint density at radius 3 is 2.24 bits per heavy atom. The average Bonchev–Trinajstić information content (AvgIpc) is 2.71. The molecule has 2 N–H and O–H groups in total. The van der Waals surface area contributed by atoms with E-state index in [1.807, 2.05) is 0 Å². The Balaban J connectivity index is 2.23. The van der Waals surface area contributed by atoms with Gasteiger partial charge < -0.3 is 19.9 Å². The van der Waals surface area contributed by atoms with Crippen molar-refractivity contribution in [1.82, 2.24) is 4.90 Å². The highest BCUT2D eigenvalue weighted by molar-refractivity contribution is 4.87. The van der Waals surface area contributed by atoms with E-state index < -0.39 is 0 Å². The molecule has 1 saturated heterocycles. The maximum absolute atomic E-state index is 6.09. The second-order valence-electron chi connectivity index (χ2n) is 4.66. The zero-order chi connectivity index (χ0) is 12.7. The van der Waals surface area contributed by atoms with Gasteiger partial charge in [-0.05, 0) is 12.8 Å². The lowest BCUT2D eigenvalue weighted by Gasteiger charge is -2.20. The van der Waals surface area contributed by atoms with Gasteiger partial charge in [-0.1, -0.05) is 0 Å². The van der Waals surface area contributed by atoms with Crippen LogP contribution in [-0.2, 0) is 14.2 Å². The van der Waals surface area contributed by atoms with Crippen molar-refractivity contribution in [2.75, 3.05) is 47.6 Å². The van der Waals surface area contributed by atoms with Crippen LogP contribution >= 0.6 is 0 Å². The molecule has 5 heteroatoms. The molecule has 0 radical (unpaired) electrons. The first-order valence-electron chi connectivity index (χ1n) is 6.23. The maximum Gasteiger partial charge on any atom is 0.0971 e. The van der Waals surface area contributed by atoms with Gasteiger partial charge in [-0.25, -0.2) is 0 Å². The first kappa shape index (κ1) is 14.9. The Kier molecular flexibility index (Phi) is 6.99. The van der Waals surface area contributed by atoms with Gasteiger partial charge in [-0.2, -0.15) is 0 Å². The van der Waals surface area contributed by atoms with E-state index in [2.05, 4.69) is 4.90 Å². The lowest BCUT2D eigenvalue weighted by molar-refractivity contribution is -0.00461. The fraction of sp³-hybridized carbons (Fsp3) is 1.00. The molecule has 17 heavy (non-hydrogen) atoms. The lowest BCUT2D eigenvalue weighted by atomic mass is 10.1. The van der Waals surface area contributed by atoms with Gasteiger partial charge in [0.15, 0.2) is 0 Å². The van der Waals surface area contributed by atoms with Crippen LogP contribution in [0.3, 0.4) is 0 Å². The van der Waals surface area contributed by atoms with Crippen LogP contribution in [-0.4, -0.2) is 70.7 Å². The summed E-state index contributed by atoms with van der Waals surface area (Å²) in [5.41, 5.74) is 6.09. The monoisotopic (exact) mass is 246 g/mol. The maximum atomic E-state index is 6.09. The molecule has 3 unspecified atom stereocenters. The van der Waals surface area contributed by atoms with Crippen molar-refractivity contribution in [3.8, 4) is 0 Å². The van der Waals surface area contributed by atoms with Crippen molar-refractivity contribution >= 4 is 0 Å². The van der Waals surface area contributed by atoms with Crippen LogP contribution in [0.1, 0.15) is 12.8 Å². The summed E-state index contributed by atoms with van der Waals surface area (Å²) in [5.74, 6) is 0. The highest BCUT2D eigenvalue weighted by atomic mass is 16.5. The molecular weight excluding hydrogens is 220 g/mol. The highest BCUT2D eigenvalue weighted by Gasteiger charge is 2.33. The largest absolute Gasteiger partial charge is 0.385 e. The third kappa shape index (κ3) is 4.89. The summed E-state index contributed by atoms with van der Waals surface area (Å²) in [5, 5.41) is 0. The highest BCUT2D eigenvalue weighted by Crippen LogP contribution is 2.16. The van der Waals surface area contributed by atoms with Crippen LogP contribution < -0.4 is 5.73 Å². The first-order valence-corrected chi connectivity index (χ1v) is 6.23. The summed E-state index contributed by atoms with van der Waals surface area (Å²) in [4.78, 5) is 2.32. The van der Waals surface area contributed by atoms with Gasteiger partial charge >= 0.3 is 0 Å². The predicted molar refractivity (Wildman–Crippen MR) is 67.1 cm³/mol. The summed E-state index contributed by atoms with van der Waals surface area (Å²) in [6, 6.07) is 0.207. The Morgan fingerprint density at radius 2 is 1.76 bits per heavy atom. The quantitative estimate of drug-likeness (QED) is 0.615. The number of hydrogen-bond donors (Lipinski definition) is 1. The van der Waals surface area contributed by atoms with E-state index in [0.29, 0.717) is 0 Å². The molecule has 0 aromatic carbocycles. The van der Waals surface area contributed by atoms with E-state index in [1.54, 1.807) is 21.3 Å². The molecule has 1 aliphatic rings. The van der Waals surface area contributed by atoms with E-state index in [-0.39, 0.29) is 18.2 Å². The zero-order valence-corrected chi connectivity index (χ0v) is 11.2. The molecule has 1 fully saturated rings. The van der Waals surface area contributed by atoms with Gasteiger partial charge in [0.25, 0.3) is 0 Å². The van der Waals surface area contributed by atoms with E-state index in [4.69, 9.17) is 19.9 Å². The molecule has 0 amide bonds. The number of nitrogens with zero attached hydrogens (tertiary/aromatic N) is 1. The summed E-state index contributed by atoms with van der Waals surface area (Å²) >= 11 is 0. The smallest absolute Gasteiger partial charge is 0.0971 e. The summed E-state index contributed by atoms with van der Waals surface area (Å²) in [6.45, 7) is 3.51. The van der Waals surface area contributed by atoms with Crippen LogP contribution in [0.15, 0.2) is 0 Å². The third-order valence-electron chi connectivity index (χ3n) is 3.31. The van der Waals surface area contributed by atoms with E-state index >= 15 is 0 Å². The van der Waals surface area contributed by atoms with E-state index in [9.17, 15) is 0 Å². The minimum Gasteiger partial charge on any atom is -0.385 e. The van der Waals surface area contributed by atoms with Crippen molar-refractivity contribution in [2.45, 2.75) is 31.1 Å². The SMILES string of the molecule is COCCCC(N)CN1CC(OC)C(OC)C1. The topological polar surface area (TPSA) is 57.0 Å². The van der Waals surface area contributed by atoms with Gasteiger partial charge in [0, 0.05) is 53.6 Å². The summed E-state index contributed by atoms with van der Waals surface area (Å²) in [7, 11) is 5.19. The molecule has 5 nitrogen and oxygen atoms in total. The second kappa shape index (κ2) is 8.00. The number of methoxy groups -OCH3 is 3. The third-order valence-corrected chi connectivity index (χ3v) is 3.31. The van der Waals surface area contributed by atoms with Gasteiger partial charge in [0.2, 0.25) is 0 Å². The minimum atomic E-state index is 0.172. The Bertz CT molecular complexity index is 192. The van der Waals surface area contributed by atoms with Crippen molar-refractivity contribution in [3.05, 3.63) is 0 Å². The number of ether oxygens (including phenoxy) is 3. The molecule has 0 spiro atoms. The molecule has 0 bridgehead atoms. The van der Waals surface area contributed by atoms with Crippen molar-refractivity contribution in [1.29, 1.82) is 0 Å². The molecule has 1 aliphatic heterocycles. The number of likely N-dealkylation sites (tertiary alicyclic amines) is 1. The fourth-order valence-electron chi connectivity index (χ4n) is 2.33. The van der Waals surface area contributed by atoms with Crippen molar-refractivity contribution < 1.29 is 14.2 Å². The van der Waals surface area contributed by atoms with Crippen LogP contribution in [0.4, 0.5) is 0 Å². The standard InChI is InChI=1S/C12H26N2O3/c1-15-6-4-5-10(13)7-14-8-11(16-2)12(9-14)17-3/h10-12H,4-9,13H2,1-3H3. The number of hydrogen-bond acceptors (Lipinski definition) is 5. The minimum absolute atomic E-state index is 0.172. The molecular formula is C12H26N2O3. The Hall–Kier alpha value is -0.200. The number of nitrogens with two attached hydrogens (primary N) is 1. The molecule has 0 aliphatic carbocycles. The first-order chi connectivity index (χ1) is 8.21. The average molecular weight is 246 g/mol. The molecule has 1 heterocycles. The van der Waals surface area contributed by atoms with Crippen LogP contribution in [0.5, 0.6) is 0 Å². The molecule has 1 rings (SSSR count). The van der Waals surface area contributed by atoms with Gasteiger partial charge in [-0.15, -0.1) is 0 Å². The van der Waals surface area contributed by atoms with E-state index in [0.717, 1.165) is 39.1 Å². The zero-order valence-electron chi connectivity index (χ0n) is 11.2. The van der Waals surface area contributed by atoms with Gasteiger partial charge in [0.05, 0.1) is 12.2 Å². The Morgan fingerprint density at radius 1 is 1.18 bits per heavy atom. The lowest BCUT2D eigenvalue weighted by Crippen LogP contribution is -2.37. The predicted octanol–water partition coefficient (Wildman–Crippen LogP) is 0.0859. The normalized spacial score (nSPS) is 27.5. The summed E-state index contributed by atoms with van der Waals surface area (Å²) < 4.78 is 15.8. The van der Waals surface area contributed by atoms with Crippen molar-refractivity contribution in [3.63, 3.8) is 0 Å². The van der Waals surface area contributed by atoms with Gasteiger partial charge in [-0.3, -0.25) is 4.90 Å². The molecule has 0 aromatic heterocycles. The summed E-state index contributed by atoms with van der Waals surface area (Å²) in [6.07, 6.45) is 2.37. The number of rotatable bonds is 8. The molecule has 3 atom stereocenters. The van der Waals surface area contributed by atoms with E-state index in [1.165, 1.54) is 0 Å². The fourth-order valence-corrected chi connectivity index (χ4v) is 2.33. The van der Waals surface area contributed by atoms with Crippen LogP contribution in [0, 0.1) is 0 Å². The molecule has 102 valence electrons. The molecule has 0 aromatic rings. The second-order valence-corrected chi connectivity index (χ2v) is 4.66. The van der Waals surface area contributed by atoms with Crippen LogP contribution in [0.2, 0.25) is 0 Å². The van der Waals surface area contributed by atoms with Crippen molar-refractivity contribution in [2.24, 2.45) is 5.73 Å². The van der Waals surface area contributed by atoms with Gasteiger partial charge in [0.1, 0.15) is 0 Å². The van der Waals surface area contributed by atoms with Crippen LogP contribution in [0.25, 0.3) is 0 Å².